The van der Waals surface area contributed by atoms with Gasteiger partial charge in [-0.25, -0.2) is 4.39 Å². The molecule has 2 heterocycles. The Morgan fingerprint density at radius 1 is 1.46 bits per heavy atom. The number of halogens is 1. The Hall–Kier alpha value is -2.06. The zero-order valence-corrected chi connectivity index (χ0v) is 15.8. The first-order chi connectivity index (χ1) is 12.4. The van der Waals surface area contributed by atoms with E-state index in [-0.39, 0.29) is 5.56 Å². The van der Waals surface area contributed by atoms with E-state index in [0.29, 0.717) is 17.4 Å². The second-order valence-corrected chi connectivity index (χ2v) is 7.47. The minimum Gasteiger partial charge on any atom is -0.447 e. The van der Waals surface area contributed by atoms with Crippen molar-refractivity contribution in [3.63, 3.8) is 0 Å². The van der Waals surface area contributed by atoms with Crippen LogP contribution in [0.2, 0.25) is 0 Å². The second kappa shape index (κ2) is 7.67. The van der Waals surface area contributed by atoms with Crippen molar-refractivity contribution in [2.45, 2.75) is 45.3 Å². The van der Waals surface area contributed by atoms with Crippen LogP contribution in [-0.2, 0) is 6.42 Å². The summed E-state index contributed by atoms with van der Waals surface area (Å²) in [6.45, 7) is 5.55. The van der Waals surface area contributed by atoms with Gasteiger partial charge in [-0.3, -0.25) is 9.69 Å². The number of likely N-dealkylation sites (tertiary alicyclic amines) is 1. The number of aromatic nitrogens is 2. The van der Waals surface area contributed by atoms with E-state index in [1.165, 1.54) is 23.7 Å². The van der Waals surface area contributed by atoms with Gasteiger partial charge in [-0.15, -0.1) is 0 Å². The van der Waals surface area contributed by atoms with E-state index >= 15 is 0 Å². The van der Waals surface area contributed by atoms with Gasteiger partial charge in [0.25, 0.3) is 11.1 Å². The minimum atomic E-state index is -0.751. The van der Waals surface area contributed by atoms with Crippen LogP contribution in [0.1, 0.15) is 47.9 Å². The fourth-order valence-electron chi connectivity index (χ4n) is 3.30. The Morgan fingerprint density at radius 2 is 2.27 bits per heavy atom. The van der Waals surface area contributed by atoms with Crippen molar-refractivity contribution in [2.75, 3.05) is 13.1 Å². The van der Waals surface area contributed by atoms with Crippen LogP contribution in [0, 0.1) is 12.7 Å². The van der Waals surface area contributed by atoms with E-state index < -0.39 is 17.4 Å². The summed E-state index contributed by atoms with van der Waals surface area (Å²) >= 11 is 1.26. The molecule has 1 aliphatic rings. The summed E-state index contributed by atoms with van der Waals surface area (Å²) in [6.07, 6.45) is 3.75. The highest BCUT2D eigenvalue weighted by molar-refractivity contribution is 7.07. The largest absolute Gasteiger partial charge is 0.447 e. The molecule has 8 heteroatoms. The molecule has 0 spiro atoms. The molecule has 1 fully saturated rings. The highest BCUT2D eigenvalue weighted by Crippen LogP contribution is 2.31. The van der Waals surface area contributed by atoms with Crippen molar-refractivity contribution in [3.05, 3.63) is 41.0 Å². The van der Waals surface area contributed by atoms with Crippen LogP contribution in [0.15, 0.2) is 18.2 Å². The summed E-state index contributed by atoms with van der Waals surface area (Å²) in [6, 6.07) is 4.58. The van der Waals surface area contributed by atoms with Crippen LogP contribution < -0.4 is 10.5 Å². The first-order valence-corrected chi connectivity index (χ1v) is 9.47. The molecule has 2 N–H and O–H groups in total. The fourth-order valence-corrected chi connectivity index (χ4v) is 3.94. The summed E-state index contributed by atoms with van der Waals surface area (Å²) in [7, 11) is 0. The number of benzene rings is 1. The quantitative estimate of drug-likeness (QED) is 0.836. The number of hydrogen-bond acceptors (Lipinski definition) is 6. The molecule has 0 saturated carbocycles. The molecule has 1 atom stereocenters. The molecule has 3 rings (SSSR count). The van der Waals surface area contributed by atoms with Gasteiger partial charge in [0.1, 0.15) is 11.6 Å². The van der Waals surface area contributed by atoms with Crippen molar-refractivity contribution >= 4 is 17.4 Å². The molecular formula is C18H23FN4O2S. The lowest BCUT2D eigenvalue weighted by Gasteiger charge is -2.43. The molecule has 26 heavy (non-hydrogen) atoms. The highest BCUT2D eigenvalue weighted by atomic mass is 32.1. The number of amides is 1. The molecule has 6 nitrogen and oxygen atoms in total. The van der Waals surface area contributed by atoms with Crippen LogP contribution in [0.25, 0.3) is 0 Å². The van der Waals surface area contributed by atoms with E-state index in [1.54, 1.807) is 6.07 Å². The third kappa shape index (κ3) is 4.19. The Bertz CT molecular complexity index is 797. The monoisotopic (exact) mass is 378 g/mol. The zero-order valence-electron chi connectivity index (χ0n) is 15.0. The predicted octanol–water partition coefficient (Wildman–Crippen LogP) is 2.91. The lowest BCUT2D eigenvalue weighted by atomic mass is 9.98. The van der Waals surface area contributed by atoms with Gasteiger partial charge >= 0.3 is 0 Å². The second-order valence-electron chi connectivity index (χ2n) is 6.76. The number of hydrogen-bond donors (Lipinski definition) is 1. The number of aryl methyl sites for hydroxylation is 1. The fraction of sp³-hybridized carbons (Fsp3) is 0.500. The van der Waals surface area contributed by atoms with Crippen molar-refractivity contribution < 1.29 is 13.9 Å². The van der Waals surface area contributed by atoms with Gasteiger partial charge in [0, 0.05) is 31.0 Å². The van der Waals surface area contributed by atoms with Gasteiger partial charge in [0.2, 0.25) is 0 Å². The Balaban J connectivity index is 1.68. The molecule has 0 aliphatic carbocycles. The standard InChI is InChI=1S/C18H23FN4O2S/c1-12-21-17(26-22-12)25-18(2)8-3-4-9-23(18)10-7-13-5-6-14(16(20)24)15(19)11-13/h5-6,11H,3-4,7-10H2,1-2H3,(H2,20,24). The molecule has 140 valence electrons. The normalized spacial score (nSPS) is 20.9. The minimum absolute atomic E-state index is 0.0773. The molecular weight excluding hydrogens is 355 g/mol. The average molecular weight is 378 g/mol. The third-order valence-electron chi connectivity index (χ3n) is 4.77. The first-order valence-electron chi connectivity index (χ1n) is 8.70. The molecule has 1 amide bonds. The smallest absolute Gasteiger partial charge is 0.294 e. The van der Waals surface area contributed by atoms with E-state index in [2.05, 4.69) is 21.2 Å². The number of nitrogens with two attached hydrogens (primary N) is 1. The van der Waals surface area contributed by atoms with Crippen LogP contribution >= 0.6 is 11.5 Å². The van der Waals surface area contributed by atoms with Gasteiger partial charge in [-0.2, -0.15) is 9.36 Å². The molecule has 1 aliphatic heterocycles. The maximum Gasteiger partial charge on any atom is 0.294 e. The van der Waals surface area contributed by atoms with Gasteiger partial charge < -0.3 is 10.5 Å². The molecule has 1 aromatic heterocycles. The van der Waals surface area contributed by atoms with Gasteiger partial charge in [0.15, 0.2) is 5.72 Å². The van der Waals surface area contributed by atoms with E-state index in [4.69, 9.17) is 10.5 Å². The number of nitrogens with zero attached hydrogens (tertiary/aromatic N) is 3. The predicted molar refractivity (Wildman–Crippen MR) is 97.7 cm³/mol. The van der Waals surface area contributed by atoms with E-state index in [1.807, 2.05) is 6.92 Å². The maximum absolute atomic E-state index is 14.0. The number of carbonyl (C=O) groups excluding carboxylic acids is 1. The van der Waals surface area contributed by atoms with E-state index in [9.17, 15) is 9.18 Å². The Kier molecular flexibility index (Phi) is 5.52. The van der Waals surface area contributed by atoms with Crippen LogP contribution in [0.4, 0.5) is 4.39 Å². The Morgan fingerprint density at radius 3 is 2.92 bits per heavy atom. The SMILES string of the molecule is Cc1nsc(OC2(C)CCCCN2CCc2ccc(C(N)=O)c(F)c2)n1. The summed E-state index contributed by atoms with van der Waals surface area (Å²) in [5.41, 5.74) is 5.45. The maximum atomic E-state index is 14.0. The number of primary amides is 1. The highest BCUT2D eigenvalue weighted by Gasteiger charge is 2.37. The number of ether oxygens (including phenoxy) is 1. The lowest BCUT2D eigenvalue weighted by Crippen LogP contribution is -2.54. The first kappa shape index (κ1) is 18.7. The summed E-state index contributed by atoms with van der Waals surface area (Å²) in [5.74, 6) is -0.614. The van der Waals surface area contributed by atoms with Crippen molar-refractivity contribution in [3.8, 4) is 5.19 Å². The topological polar surface area (TPSA) is 81.3 Å². The lowest BCUT2D eigenvalue weighted by molar-refractivity contribution is -0.0953. The molecule has 0 radical (unpaired) electrons. The van der Waals surface area contributed by atoms with Crippen molar-refractivity contribution in [1.29, 1.82) is 0 Å². The van der Waals surface area contributed by atoms with Gasteiger partial charge in [-0.1, -0.05) is 6.07 Å². The molecule has 0 bridgehead atoms. The van der Waals surface area contributed by atoms with Crippen LogP contribution in [0.3, 0.4) is 0 Å². The number of piperidine rings is 1. The molecule has 1 saturated heterocycles. The molecule has 1 aromatic carbocycles. The van der Waals surface area contributed by atoms with Gasteiger partial charge in [-0.05, 0) is 50.8 Å². The number of rotatable bonds is 6. The van der Waals surface area contributed by atoms with Crippen LogP contribution in [0.5, 0.6) is 5.19 Å². The molecule has 1 unspecified atom stereocenters. The average Bonchev–Trinajstić information content (AvgIpc) is 2.98. The van der Waals surface area contributed by atoms with Gasteiger partial charge in [0.05, 0.1) is 5.56 Å². The van der Waals surface area contributed by atoms with Crippen molar-refractivity contribution in [1.82, 2.24) is 14.3 Å². The summed E-state index contributed by atoms with van der Waals surface area (Å²) in [4.78, 5) is 17.7. The van der Waals surface area contributed by atoms with Crippen molar-refractivity contribution in [2.24, 2.45) is 5.73 Å². The number of carbonyl (C=O) groups is 1. The zero-order chi connectivity index (χ0) is 18.7. The molecule has 2 aromatic rings. The van der Waals surface area contributed by atoms with E-state index in [0.717, 1.165) is 37.9 Å². The summed E-state index contributed by atoms with van der Waals surface area (Å²) in [5, 5.41) is 0.578. The third-order valence-corrected chi connectivity index (χ3v) is 5.46. The Labute approximate surface area is 156 Å². The van der Waals surface area contributed by atoms with Crippen LogP contribution in [-0.4, -0.2) is 39.0 Å². The summed E-state index contributed by atoms with van der Waals surface area (Å²) < 4.78 is 24.3.